The van der Waals surface area contributed by atoms with Crippen LogP contribution in [0.4, 0.5) is 4.39 Å². The van der Waals surface area contributed by atoms with E-state index in [-0.39, 0.29) is 11.2 Å². The van der Waals surface area contributed by atoms with Crippen molar-refractivity contribution in [2.45, 2.75) is 52.4 Å². The normalized spacial score (nSPS) is 18.1. The van der Waals surface area contributed by atoms with Crippen molar-refractivity contribution in [2.75, 3.05) is 13.1 Å². The van der Waals surface area contributed by atoms with Gasteiger partial charge in [-0.2, -0.15) is 0 Å². The lowest BCUT2D eigenvalue weighted by Crippen LogP contribution is -2.39. The van der Waals surface area contributed by atoms with E-state index in [9.17, 15) is 4.39 Å². The maximum atomic E-state index is 14.2. The van der Waals surface area contributed by atoms with Crippen LogP contribution < -0.4 is 5.32 Å². The van der Waals surface area contributed by atoms with Crippen molar-refractivity contribution in [3.8, 4) is 0 Å². The summed E-state index contributed by atoms with van der Waals surface area (Å²) in [6.45, 7) is 6.52. The van der Waals surface area contributed by atoms with Crippen molar-refractivity contribution >= 4 is 15.9 Å². The monoisotopic (exact) mass is 355 g/mol. The third-order valence-electron chi connectivity index (χ3n) is 4.55. The molecule has 1 aromatic carbocycles. The first-order valence-corrected chi connectivity index (χ1v) is 8.95. The first kappa shape index (κ1) is 17.0. The molecule has 1 aliphatic rings. The summed E-state index contributed by atoms with van der Waals surface area (Å²) >= 11 is 3.34. The van der Waals surface area contributed by atoms with E-state index in [1.807, 2.05) is 12.1 Å². The summed E-state index contributed by atoms with van der Waals surface area (Å²) in [6, 6.07) is 5.49. The molecule has 0 spiro atoms. The van der Waals surface area contributed by atoms with Gasteiger partial charge in [0, 0.05) is 11.0 Å². The van der Waals surface area contributed by atoms with Crippen LogP contribution in [0, 0.1) is 17.2 Å². The van der Waals surface area contributed by atoms with Crippen LogP contribution in [0.5, 0.6) is 0 Å². The number of hydrogen-bond acceptors (Lipinski definition) is 1. The number of benzene rings is 1. The Bertz CT molecular complexity index is 453. The standard InChI is InChI=1S/C18H27BrFN/c1-14(2)12-21-13-18(8-4-3-5-9-18)11-15-6-7-16(19)10-17(15)20/h6-7,10,14,21H,3-5,8-9,11-13H2,1-2H3. The van der Waals surface area contributed by atoms with E-state index in [0.717, 1.165) is 29.5 Å². The van der Waals surface area contributed by atoms with Gasteiger partial charge in [-0.1, -0.05) is 55.1 Å². The predicted octanol–water partition coefficient (Wildman–Crippen LogP) is 5.33. The van der Waals surface area contributed by atoms with Crippen molar-refractivity contribution in [3.63, 3.8) is 0 Å². The maximum absolute atomic E-state index is 14.2. The number of halogens is 2. The van der Waals surface area contributed by atoms with Crippen molar-refractivity contribution in [1.29, 1.82) is 0 Å². The third-order valence-corrected chi connectivity index (χ3v) is 5.04. The van der Waals surface area contributed by atoms with Gasteiger partial charge in [0.1, 0.15) is 5.82 Å². The van der Waals surface area contributed by atoms with E-state index < -0.39 is 0 Å². The molecule has 0 aliphatic heterocycles. The quantitative estimate of drug-likeness (QED) is 0.727. The summed E-state index contributed by atoms with van der Waals surface area (Å²) in [5.41, 5.74) is 1.10. The van der Waals surface area contributed by atoms with Crippen LogP contribution in [-0.4, -0.2) is 13.1 Å². The van der Waals surface area contributed by atoms with E-state index in [4.69, 9.17) is 0 Å². The van der Waals surface area contributed by atoms with E-state index in [1.54, 1.807) is 6.07 Å². The summed E-state index contributed by atoms with van der Waals surface area (Å²) in [5, 5.41) is 3.61. The van der Waals surface area contributed by atoms with E-state index in [0.29, 0.717) is 5.92 Å². The van der Waals surface area contributed by atoms with Gasteiger partial charge in [-0.05, 0) is 54.8 Å². The first-order chi connectivity index (χ1) is 10.0. The average Bonchev–Trinajstić information content (AvgIpc) is 2.43. The molecule has 0 aromatic heterocycles. The van der Waals surface area contributed by atoms with Crippen LogP contribution in [0.15, 0.2) is 22.7 Å². The van der Waals surface area contributed by atoms with Crippen LogP contribution in [0.1, 0.15) is 51.5 Å². The van der Waals surface area contributed by atoms with Crippen LogP contribution in [0.25, 0.3) is 0 Å². The highest BCUT2D eigenvalue weighted by molar-refractivity contribution is 9.10. The van der Waals surface area contributed by atoms with Crippen LogP contribution in [-0.2, 0) is 6.42 Å². The van der Waals surface area contributed by atoms with Gasteiger partial charge in [-0.15, -0.1) is 0 Å². The molecule has 118 valence electrons. The van der Waals surface area contributed by atoms with Gasteiger partial charge in [0.05, 0.1) is 0 Å². The largest absolute Gasteiger partial charge is 0.316 e. The Kier molecular flexibility index (Phi) is 6.24. The Morgan fingerprint density at radius 1 is 1.24 bits per heavy atom. The highest BCUT2D eigenvalue weighted by Gasteiger charge is 2.32. The highest BCUT2D eigenvalue weighted by atomic mass is 79.9. The lowest BCUT2D eigenvalue weighted by atomic mass is 9.70. The molecule has 1 aromatic rings. The van der Waals surface area contributed by atoms with E-state index >= 15 is 0 Å². The molecular formula is C18H27BrFN. The van der Waals surface area contributed by atoms with Crippen LogP contribution in [0.2, 0.25) is 0 Å². The maximum Gasteiger partial charge on any atom is 0.127 e. The summed E-state index contributed by atoms with van der Waals surface area (Å²) in [5.74, 6) is 0.591. The molecule has 0 radical (unpaired) electrons. The Morgan fingerprint density at radius 2 is 1.95 bits per heavy atom. The van der Waals surface area contributed by atoms with Crippen molar-refractivity contribution in [2.24, 2.45) is 11.3 Å². The molecule has 1 nitrogen and oxygen atoms in total. The second-order valence-corrected chi connectivity index (χ2v) is 7.91. The topological polar surface area (TPSA) is 12.0 Å². The fraction of sp³-hybridized carbons (Fsp3) is 0.667. The third kappa shape index (κ3) is 5.07. The molecule has 0 bridgehead atoms. The zero-order chi connectivity index (χ0) is 15.3. The average molecular weight is 356 g/mol. The minimum absolute atomic E-state index is 0.0711. The molecule has 1 saturated carbocycles. The molecule has 1 fully saturated rings. The molecule has 0 heterocycles. The Labute approximate surface area is 136 Å². The van der Waals surface area contributed by atoms with Gasteiger partial charge in [0.25, 0.3) is 0 Å². The van der Waals surface area contributed by atoms with Gasteiger partial charge in [-0.3, -0.25) is 0 Å². The Balaban J connectivity index is 2.08. The van der Waals surface area contributed by atoms with Crippen molar-refractivity contribution in [3.05, 3.63) is 34.1 Å². The van der Waals surface area contributed by atoms with Crippen LogP contribution >= 0.6 is 15.9 Å². The second kappa shape index (κ2) is 7.73. The second-order valence-electron chi connectivity index (χ2n) is 7.00. The lowest BCUT2D eigenvalue weighted by Gasteiger charge is -2.38. The minimum Gasteiger partial charge on any atom is -0.316 e. The summed E-state index contributed by atoms with van der Waals surface area (Å²) < 4.78 is 15.0. The predicted molar refractivity (Wildman–Crippen MR) is 91.0 cm³/mol. The fourth-order valence-electron chi connectivity index (χ4n) is 3.41. The van der Waals surface area contributed by atoms with Crippen LogP contribution in [0.3, 0.4) is 0 Å². The van der Waals surface area contributed by atoms with Gasteiger partial charge < -0.3 is 5.32 Å². The molecule has 1 aliphatic carbocycles. The van der Waals surface area contributed by atoms with Gasteiger partial charge in [0.2, 0.25) is 0 Å². The first-order valence-electron chi connectivity index (χ1n) is 8.15. The molecule has 0 atom stereocenters. The summed E-state index contributed by atoms with van der Waals surface area (Å²) in [4.78, 5) is 0. The number of nitrogens with one attached hydrogen (secondary N) is 1. The smallest absolute Gasteiger partial charge is 0.127 e. The zero-order valence-electron chi connectivity index (χ0n) is 13.2. The molecule has 3 heteroatoms. The fourth-order valence-corrected chi connectivity index (χ4v) is 3.75. The SMILES string of the molecule is CC(C)CNCC1(Cc2ccc(Br)cc2F)CCCCC1. The molecule has 21 heavy (non-hydrogen) atoms. The lowest BCUT2D eigenvalue weighted by molar-refractivity contribution is 0.177. The summed E-state index contributed by atoms with van der Waals surface area (Å²) in [7, 11) is 0. The van der Waals surface area contributed by atoms with Crippen molar-refractivity contribution in [1.82, 2.24) is 5.32 Å². The molecule has 1 N–H and O–H groups in total. The molecule has 0 saturated heterocycles. The van der Waals surface area contributed by atoms with Gasteiger partial charge >= 0.3 is 0 Å². The minimum atomic E-state index is -0.0711. The zero-order valence-corrected chi connectivity index (χ0v) is 14.8. The Morgan fingerprint density at radius 3 is 2.57 bits per heavy atom. The molecule has 0 amide bonds. The van der Waals surface area contributed by atoms with Gasteiger partial charge in [-0.25, -0.2) is 4.39 Å². The molecule has 0 unspecified atom stereocenters. The number of rotatable bonds is 6. The molecule has 2 rings (SSSR count). The van der Waals surface area contributed by atoms with Gasteiger partial charge in [0.15, 0.2) is 0 Å². The highest BCUT2D eigenvalue weighted by Crippen LogP contribution is 2.39. The Hall–Kier alpha value is -0.410. The van der Waals surface area contributed by atoms with E-state index in [2.05, 4.69) is 35.1 Å². The molecular weight excluding hydrogens is 329 g/mol. The summed E-state index contributed by atoms with van der Waals surface area (Å²) in [6.07, 6.45) is 7.18. The van der Waals surface area contributed by atoms with E-state index in [1.165, 1.54) is 32.1 Å². The number of hydrogen-bond donors (Lipinski definition) is 1. The van der Waals surface area contributed by atoms with Crippen molar-refractivity contribution < 1.29 is 4.39 Å².